The second-order valence-corrected chi connectivity index (χ2v) is 8.14. The van der Waals surface area contributed by atoms with Crippen LogP contribution in [0, 0.1) is 0 Å². The Kier molecular flexibility index (Phi) is 5.85. The maximum absolute atomic E-state index is 13.1. The zero-order chi connectivity index (χ0) is 19.4. The Bertz CT molecular complexity index is 767. The van der Waals surface area contributed by atoms with Crippen LogP contribution in [0.15, 0.2) is 54.6 Å². The molecule has 4 heteroatoms. The Morgan fingerprint density at radius 1 is 1.11 bits per heavy atom. The van der Waals surface area contributed by atoms with Gasteiger partial charge in [-0.1, -0.05) is 30.3 Å². The lowest BCUT2D eigenvalue weighted by molar-refractivity contribution is 0.0674. The molecule has 1 fully saturated rings. The van der Waals surface area contributed by atoms with E-state index in [1.165, 1.54) is 5.69 Å². The summed E-state index contributed by atoms with van der Waals surface area (Å²) >= 11 is 0. The summed E-state index contributed by atoms with van der Waals surface area (Å²) in [5.41, 5.74) is 2.36. The minimum atomic E-state index is -0.692. The number of carbonyl (C=O) groups excluding carboxylic acids is 1. The predicted molar refractivity (Wildman–Crippen MR) is 110 cm³/mol. The van der Waals surface area contributed by atoms with Crippen LogP contribution < -0.4 is 4.90 Å². The third kappa shape index (κ3) is 5.10. The molecular weight excluding hydrogens is 336 g/mol. The third-order valence-electron chi connectivity index (χ3n) is 5.21. The summed E-state index contributed by atoms with van der Waals surface area (Å²) < 4.78 is 0. The first-order chi connectivity index (χ1) is 12.8. The molecule has 1 atom stereocenters. The fourth-order valence-corrected chi connectivity index (χ4v) is 3.61. The summed E-state index contributed by atoms with van der Waals surface area (Å²) in [6, 6.07) is 18.4. The van der Waals surface area contributed by atoms with E-state index in [0.717, 1.165) is 37.2 Å². The standard InChI is InChI=1S/C23H30N2O2/c1-18-17-24(21-10-5-4-6-11-21)14-15-25(18)22(26)20-9-7-8-19(16-20)12-13-23(2,3)27/h4-11,16,18,27H,12-15,17H2,1-3H3. The van der Waals surface area contributed by atoms with Crippen molar-refractivity contribution in [3.63, 3.8) is 0 Å². The number of aliphatic hydroxyl groups is 1. The van der Waals surface area contributed by atoms with Gasteiger partial charge in [-0.05, 0) is 63.4 Å². The number of aryl methyl sites for hydroxylation is 1. The van der Waals surface area contributed by atoms with Crippen LogP contribution in [0.25, 0.3) is 0 Å². The van der Waals surface area contributed by atoms with Crippen LogP contribution in [0.4, 0.5) is 5.69 Å². The monoisotopic (exact) mass is 366 g/mol. The number of hydrogen-bond donors (Lipinski definition) is 1. The molecule has 0 radical (unpaired) electrons. The van der Waals surface area contributed by atoms with Gasteiger partial charge in [0.25, 0.3) is 5.91 Å². The van der Waals surface area contributed by atoms with Crippen LogP contribution >= 0.6 is 0 Å². The molecule has 4 nitrogen and oxygen atoms in total. The molecule has 1 aliphatic rings. The van der Waals surface area contributed by atoms with Gasteiger partial charge in [0, 0.05) is 36.9 Å². The van der Waals surface area contributed by atoms with Crippen LogP contribution in [0.2, 0.25) is 0 Å². The van der Waals surface area contributed by atoms with Crippen molar-refractivity contribution in [3.05, 3.63) is 65.7 Å². The van der Waals surface area contributed by atoms with E-state index >= 15 is 0 Å². The second kappa shape index (κ2) is 8.13. The van der Waals surface area contributed by atoms with Crippen molar-refractivity contribution in [1.82, 2.24) is 4.90 Å². The van der Waals surface area contributed by atoms with E-state index in [1.54, 1.807) is 0 Å². The lowest BCUT2D eigenvalue weighted by Gasteiger charge is -2.41. The minimum absolute atomic E-state index is 0.0975. The number of hydrogen-bond acceptors (Lipinski definition) is 3. The number of anilines is 1. The first-order valence-corrected chi connectivity index (χ1v) is 9.76. The van der Waals surface area contributed by atoms with Gasteiger partial charge in [-0.2, -0.15) is 0 Å². The Balaban J connectivity index is 1.66. The van der Waals surface area contributed by atoms with Gasteiger partial charge in [0.1, 0.15) is 0 Å². The SMILES string of the molecule is CC1CN(c2ccccc2)CCN1C(=O)c1cccc(CCC(C)(C)O)c1. The number of piperazine rings is 1. The van der Waals surface area contributed by atoms with E-state index < -0.39 is 5.60 Å². The van der Waals surface area contributed by atoms with E-state index in [9.17, 15) is 9.90 Å². The molecule has 1 unspecified atom stereocenters. The van der Waals surface area contributed by atoms with Crippen LogP contribution in [0.1, 0.15) is 43.1 Å². The van der Waals surface area contributed by atoms with E-state index in [4.69, 9.17) is 0 Å². The van der Waals surface area contributed by atoms with Crippen molar-refractivity contribution >= 4 is 11.6 Å². The molecule has 0 spiro atoms. The number of amides is 1. The molecular formula is C23H30N2O2. The van der Waals surface area contributed by atoms with Gasteiger partial charge in [-0.15, -0.1) is 0 Å². The first kappa shape index (κ1) is 19.4. The van der Waals surface area contributed by atoms with Crippen molar-refractivity contribution in [3.8, 4) is 0 Å². The minimum Gasteiger partial charge on any atom is -0.390 e. The molecule has 0 saturated carbocycles. The largest absolute Gasteiger partial charge is 0.390 e. The number of para-hydroxylation sites is 1. The predicted octanol–water partition coefficient (Wildman–Crippen LogP) is 3.74. The molecule has 1 N–H and O–H groups in total. The topological polar surface area (TPSA) is 43.8 Å². The molecule has 0 aromatic heterocycles. The highest BCUT2D eigenvalue weighted by Crippen LogP contribution is 2.21. The quantitative estimate of drug-likeness (QED) is 0.877. The number of carbonyl (C=O) groups is 1. The normalized spacial score (nSPS) is 17.9. The average Bonchev–Trinajstić information content (AvgIpc) is 2.66. The van der Waals surface area contributed by atoms with Crippen molar-refractivity contribution < 1.29 is 9.90 Å². The second-order valence-electron chi connectivity index (χ2n) is 8.14. The summed E-state index contributed by atoms with van der Waals surface area (Å²) in [7, 11) is 0. The van der Waals surface area contributed by atoms with Gasteiger partial charge in [-0.3, -0.25) is 4.79 Å². The van der Waals surface area contributed by atoms with E-state index in [0.29, 0.717) is 6.42 Å². The van der Waals surface area contributed by atoms with Crippen molar-refractivity contribution in [1.29, 1.82) is 0 Å². The molecule has 1 heterocycles. The maximum atomic E-state index is 13.1. The van der Waals surface area contributed by atoms with Crippen molar-refractivity contribution in [2.75, 3.05) is 24.5 Å². The van der Waals surface area contributed by atoms with Gasteiger partial charge in [0.05, 0.1) is 5.60 Å². The Morgan fingerprint density at radius 3 is 2.52 bits per heavy atom. The molecule has 0 aliphatic carbocycles. The molecule has 3 rings (SSSR count). The van der Waals surface area contributed by atoms with E-state index in [1.807, 2.05) is 49.1 Å². The number of rotatable bonds is 5. The molecule has 1 saturated heterocycles. The average molecular weight is 367 g/mol. The molecule has 2 aromatic rings. The lowest BCUT2D eigenvalue weighted by Crippen LogP contribution is -2.54. The smallest absolute Gasteiger partial charge is 0.254 e. The highest BCUT2D eigenvalue weighted by Gasteiger charge is 2.28. The van der Waals surface area contributed by atoms with E-state index in [2.05, 4.69) is 36.1 Å². The number of nitrogens with zero attached hydrogens (tertiary/aromatic N) is 2. The van der Waals surface area contributed by atoms with Crippen LogP contribution in [-0.2, 0) is 6.42 Å². The summed E-state index contributed by atoms with van der Waals surface area (Å²) in [4.78, 5) is 17.4. The highest BCUT2D eigenvalue weighted by molar-refractivity contribution is 5.94. The fraction of sp³-hybridized carbons (Fsp3) is 0.435. The van der Waals surface area contributed by atoms with Crippen LogP contribution in [0.5, 0.6) is 0 Å². The molecule has 0 bridgehead atoms. The molecule has 1 amide bonds. The fourth-order valence-electron chi connectivity index (χ4n) is 3.61. The Labute approximate surface area is 162 Å². The van der Waals surface area contributed by atoms with Crippen molar-refractivity contribution in [2.45, 2.75) is 45.3 Å². The van der Waals surface area contributed by atoms with Gasteiger partial charge in [0.15, 0.2) is 0 Å². The Morgan fingerprint density at radius 2 is 1.85 bits per heavy atom. The molecule has 2 aromatic carbocycles. The summed E-state index contributed by atoms with van der Waals surface area (Å²) in [6.07, 6.45) is 1.44. The van der Waals surface area contributed by atoms with Gasteiger partial charge in [-0.25, -0.2) is 0 Å². The van der Waals surface area contributed by atoms with Gasteiger partial charge >= 0.3 is 0 Å². The van der Waals surface area contributed by atoms with Crippen LogP contribution in [0.3, 0.4) is 0 Å². The molecule has 1 aliphatic heterocycles. The highest BCUT2D eigenvalue weighted by atomic mass is 16.3. The lowest BCUT2D eigenvalue weighted by atomic mass is 9.97. The van der Waals surface area contributed by atoms with E-state index in [-0.39, 0.29) is 11.9 Å². The third-order valence-corrected chi connectivity index (χ3v) is 5.21. The number of benzene rings is 2. The summed E-state index contributed by atoms with van der Waals surface area (Å²) in [5.74, 6) is 0.0975. The summed E-state index contributed by atoms with van der Waals surface area (Å²) in [6.45, 7) is 8.16. The molecule has 27 heavy (non-hydrogen) atoms. The summed E-state index contributed by atoms with van der Waals surface area (Å²) in [5, 5.41) is 9.94. The Hall–Kier alpha value is -2.33. The zero-order valence-corrected chi connectivity index (χ0v) is 16.6. The zero-order valence-electron chi connectivity index (χ0n) is 16.6. The van der Waals surface area contributed by atoms with Crippen LogP contribution in [-0.4, -0.2) is 47.2 Å². The first-order valence-electron chi connectivity index (χ1n) is 9.76. The maximum Gasteiger partial charge on any atom is 0.254 e. The van der Waals surface area contributed by atoms with Crippen molar-refractivity contribution in [2.24, 2.45) is 0 Å². The van der Waals surface area contributed by atoms with Gasteiger partial charge in [0.2, 0.25) is 0 Å². The van der Waals surface area contributed by atoms with Gasteiger partial charge < -0.3 is 14.9 Å². The molecule has 144 valence electrons.